The number of benzene rings is 3. The largest absolute Gasteiger partial charge is 0.497 e. The Kier molecular flexibility index (Phi) is 8.54. The molecule has 0 radical (unpaired) electrons. The molecule has 0 bridgehead atoms. The molecule has 0 spiro atoms. The Bertz CT molecular complexity index is 841. The van der Waals surface area contributed by atoms with Crippen LogP contribution in [0.5, 0.6) is 11.5 Å². The van der Waals surface area contributed by atoms with Crippen molar-refractivity contribution in [2.24, 2.45) is 5.92 Å². The fraction of sp³-hybridized carbons (Fsp3) is 0.357. The average molecular weight is 418 g/mol. The number of ether oxygens (including phenoxy) is 2. The summed E-state index contributed by atoms with van der Waals surface area (Å²) in [6, 6.07) is 28.1. The zero-order valence-corrected chi connectivity index (χ0v) is 19.3. The molecule has 31 heavy (non-hydrogen) atoms. The Labute approximate surface area is 187 Å². The molecular formula is C28H35NO2. The fourth-order valence-electron chi connectivity index (χ4n) is 4.13. The quantitative estimate of drug-likeness (QED) is 0.362. The monoisotopic (exact) mass is 417 g/mol. The third-order valence-electron chi connectivity index (χ3n) is 5.88. The van der Waals surface area contributed by atoms with E-state index in [4.69, 9.17) is 9.47 Å². The van der Waals surface area contributed by atoms with E-state index in [0.29, 0.717) is 12.0 Å². The maximum atomic E-state index is 5.32. The summed E-state index contributed by atoms with van der Waals surface area (Å²) in [6.07, 6.45) is 2.27. The smallest absolute Gasteiger partial charge is 0.118 e. The number of nitrogens with zero attached hydrogens (tertiary/aromatic N) is 1. The number of hydrogen-bond donors (Lipinski definition) is 0. The summed E-state index contributed by atoms with van der Waals surface area (Å²) in [7, 11) is 3.42. The van der Waals surface area contributed by atoms with E-state index >= 15 is 0 Å². The lowest BCUT2D eigenvalue weighted by Crippen LogP contribution is -2.33. The van der Waals surface area contributed by atoms with Crippen LogP contribution in [0.4, 0.5) is 0 Å². The molecule has 0 fully saturated rings. The van der Waals surface area contributed by atoms with Crippen molar-refractivity contribution in [2.45, 2.75) is 45.8 Å². The van der Waals surface area contributed by atoms with E-state index in [9.17, 15) is 0 Å². The van der Waals surface area contributed by atoms with Gasteiger partial charge in [-0.3, -0.25) is 4.90 Å². The normalized spacial score (nSPS) is 13.1. The zero-order valence-electron chi connectivity index (χ0n) is 19.3. The summed E-state index contributed by atoms with van der Waals surface area (Å²) in [4.78, 5) is 2.57. The predicted molar refractivity (Wildman–Crippen MR) is 129 cm³/mol. The van der Waals surface area contributed by atoms with Gasteiger partial charge in [0.05, 0.1) is 14.2 Å². The van der Waals surface area contributed by atoms with Gasteiger partial charge in [0.1, 0.15) is 11.5 Å². The highest BCUT2D eigenvalue weighted by Gasteiger charge is 2.18. The molecule has 3 aromatic carbocycles. The van der Waals surface area contributed by atoms with Crippen LogP contribution in [0.25, 0.3) is 0 Å². The molecule has 0 aromatic heterocycles. The van der Waals surface area contributed by atoms with Crippen molar-refractivity contribution in [3.05, 3.63) is 95.6 Å². The van der Waals surface area contributed by atoms with Crippen molar-refractivity contribution in [2.75, 3.05) is 14.2 Å². The van der Waals surface area contributed by atoms with E-state index in [0.717, 1.165) is 37.4 Å². The molecule has 0 aliphatic rings. The summed E-state index contributed by atoms with van der Waals surface area (Å²) in [5.41, 5.74) is 4.02. The second-order valence-electron chi connectivity index (χ2n) is 8.48. The van der Waals surface area contributed by atoms with E-state index < -0.39 is 0 Å². The molecule has 3 aromatic rings. The molecule has 2 unspecified atom stereocenters. The molecule has 3 heteroatoms. The van der Waals surface area contributed by atoms with Crippen LogP contribution in [0.15, 0.2) is 78.9 Å². The standard InChI is InChI=1S/C28H35NO2/c1-22(19-24-8-6-5-7-9-24)18-23(2)29(20-25-10-14-27(30-3)15-11-25)21-26-12-16-28(31-4)17-13-26/h5-17,22-23H,18-21H2,1-4H3. The SMILES string of the molecule is COc1ccc(CN(Cc2ccc(OC)cc2)C(C)CC(C)Cc2ccccc2)cc1. The van der Waals surface area contributed by atoms with Gasteiger partial charge in [-0.25, -0.2) is 0 Å². The Morgan fingerprint density at radius 1 is 0.645 bits per heavy atom. The topological polar surface area (TPSA) is 21.7 Å². The first-order chi connectivity index (χ1) is 15.1. The predicted octanol–water partition coefficient (Wildman–Crippen LogP) is 6.36. The lowest BCUT2D eigenvalue weighted by Gasteiger charge is -2.31. The third-order valence-corrected chi connectivity index (χ3v) is 5.88. The van der Waals surface area contributed by atoms with Crippen molar-refractivity contribution >= 4 is 0 Å². The summed E-state index contributed by atoms with van der Waals surface area (Å²) < 4.78 is 10.6. The van der Waals surface area contributed by atoms with Crippen LogP contribution in [0.2, 0.25) is 0 Å². The molecule has 2 atom stereocenters. The summed E-state index contributed by atoms with van der Waals surface area (Å²) >= 11 is 0. The van der Waals surface area contributed by atoms with Crippen LogP contribution in [-0.2, 0) is 19.5 Å². The van der Waals surface area contributed by atoms with Crippen molar-refractivity contribution in [1.82, 2.24) is 4.90 Å². The second-order valence-corrected chi connectivity index (χ2v) is 8.48. The molecule has 164 valence electrons. The van der Waals surface area contributed by atoms with Gasteiger partial charge >= 0.3 is 0 Å². The number of rotatable bonds is 11. The van der Waals surface area contributed by atoms with Crippen LogP contribution in [-0.4, -0.2) is 25.2 Å². The van der Waals surface area contributed by atoms with E-state index in [1.165, 1.54) is 16.7 Å². The van der Waals surface area contributed by atoms with Gasteiger partial charge in [0.2, 0.25) is 0 Å². The summed E-state index contributed by atoms with van der Waals surface area (Å²) in [5, 5.41) is 0. The number of hydrogen-bond acceptors (Lipinski definition) is 3. The highest BCUT2D eigenvalue weighted by Crippen LogP contribution is 2.22. The van der Waals surface area contributed by atoms with Crippen LogP contribution < -0.4 is 9.47 Å². The highest BCUT2D eigenvalue weighted by molar-refractivity contribution is 5.29. The number of methoxy groups -OCH3 is 2. The molecule has 0 N–H and O–H groups in total. The Morgan fingerprint density at radius 2 is 1.13 bits per heavy atom. The molecule has 0 saturated carbocycles. The van der Waals surface area contributed by atoms with Gasteiger partial charge in [0.25, 0.3) is 0 Å². The lowest BCUT2D eigenvalue weighted by molar-refractivity contribution is 0.166. The minimum atomic E-state index is 0.461. The van der Waals surface area contributed by atoms with Crippen molar-refractivity contribution in [1.29, 1.82) is 0 Å². The van der Waals surface area contributed by atoms with Crippen molar-refractivity contribution in [3.8, 4) is 11.5 Å². The van der Waals surface area contributed by atoms with Crippen molar-refractivity contribution < 1.29 is 9.47 Å². The molecular weight excluding hydrogens is 382 g/mol. The molecule has 0 aliphatic heterocycles. The first-order valence-electron chi connectivity index (χ1n) is 11.1. The van der Waals surface area contributed by atoms with E-state index in [-0.39, 0.29) is 0 Å². The van der Waals surface area contributed by atoms with Gasteiger partial charge in [0.15, 0.2) is 0 Å². The van der Waals surface area contributed by atoms with Gasteiger partial charge in [-0.15, -0.1) is 0 Å². The van der Waals surface area contributed by atoms with Gasteiger partial charge in [0, 0.05) is 19.1 Å². The Morgan fingerprint density at radius 3 is 1.58 bits per heavy atom. The molecule has 0 heterocycles. The van der Waals surface area contributed by atoms with Gasteiger partial charge in [-0.2, -0.15) is 0 Å². The molecule has 3 rings (SSSR count). The van der Waals surface area contributed by atoms with E-state index in [2.05, 4.69) is 73.3 Å². The zero-order chi connectivity index (χ0) is 22.1. The lowest BCUT2D eigenvalue weighted by atomic mass is 9.94. The Hall–Kier alpha value is -2.78. The molecule has 3 nitrogen and oxygen atoms in total. The second kappa shape index (κ2) is 11.6. The van der Waals surface area contributed by atoms with Crippen LogP contribution >= 0.6 is 0 Å². The highest BCUT2D eigenvalue weighted by atomic mass is 16.5. The van der Waals surface area contributed by atoms with Gasteiger partial charge in [-0.1, -0.05) is 61.5 Å². The Balaban J connectivity index is 1.70. The van der Waals surface area contributed by atoms with E-state index in [1.54, 1.807) is 14.2 Å². The van der Waals surface area contributed by atoms with Gasteiger partial charge in [-0.05, 0) is 66.6 Å². The first-order valence-corrected chi connectivity index (χ1v) is 11.1. The summed E-state index contributed by atoms with van der Waals surface area (Å²) in [5.74, 6) is 2.41. The minimum absolute atomic E-state index is 0.461. The third kappa shape index (κ3) is 7.15. The van der Waals surface area contributed by atoms with Crippen LogP contribution in [0.1, 0.15) is 37.0 Å². The van der Waals surface area contributed by atoms with Crippen molar-refractivity contribution in [3.63, 3.8) is 0 Å². The van der Waals surface area contributed by atoms with Crippen LogP contribution in [0, 0.1) is 5.92 Å². The molecule has 0 amide bonds. The maximum absolute atomic E-state index is 5.32. The van der Waals surface area contributed by atoms with E-state index in [1.807, 2.05) is 24.3 Å². The first kappa shape index (κ1) is 22.9. The minimum Gasteiger partial charge on any atom is -0.497 e. The molecule has 0 aliphatic carbocycles. The fourth-order valence-corrected chi connectivity index (χ4v) is 4.13. The average Bonchev–Trinajstić information content (AvgIpc) is 2.80. The summed E-state index contributed by atoms with van der Waals surface area (Å²) in [6.45, 7) is 6.54. The molecule has 0 saturated heterocycles. The van der Waals surface area contributed by atoms with Crippen LogP contribution in [0.3, 0.4) is 0 Å². The van der Waals surface area contributed by atoms with Gasteiger partial charge < -0.3 is 9.47 Å². The maximum Gasteiger partial charge on any atom is 0.118 e.